The predicted octanol–water partition coefficient (Wildman–Crippen LogP) is 3.90. The van der Waals surface area contributed by atoms with Gasteiger partial charge in [-0.1, -0.05) is 31.5 Å². The Labute approximate surface area is 171 Å². The van der Waals surface area contributed by atoms with E-state index < -0.39 is 0 Å². The number of pyridine rings is 1. The largest absolute Gasteiger partial charge is 0.381 e. The van der Waals surface area contributed by atoms with Gasteiger partial charge in [0.2, 0.25) is 0 Å². The van der Waals surface area contributed by atoms with Crippen LogP contribution in [0, 0.1) is 0 Å². The number of unbranched alkanes of at least 4 members (excludes halogenated alkanes) is 1. The van der Waals surface area contributed by atoms with E-state index in [0.717, 1.165) is 61.3 Å². The van der Waals surface area contributed by atoms with E-state index in [9.17, 15) is 4.79 Å². The zero-order chi connectivity index (χ0) is 18.6. The van der Waals surface area contributed by atoms with Gasteiger partial charge in [0, 0.05) is 24.5 Å². The lowest BCUT2D eigenvalue weighted by Crippen LogP contribution is -2.22. The number of anilines is 1. The topological polar surface area (TPSA) is 58.4 Å². The highest BCUT2D eigenvalue weighted by molar-refractivity contribution is 5.85. The molecule has 1 aliphatic rings. The average Bonchev–Trinajstić information content (AvgIpc) is 3.19. The molecule has 148 valence electrons. The Bertz CT molecular complexity index is 995. The van der Waals surface area contributed by atoms with Crippen LogP contribution in [0.4, 0.5) is 5.69 Å². The van der Waals surface area contributed by atoms with Crippen LogP contribution < -0.4 is 16.2 Å². The van der Waals surface area contributed by atoms with Gasteiger partial charge in [0.15, 0.2) is 0 Å². The van der Waals surface area contributed by atoms with Gasteiger partial charge in [-0.2, -0.15) is 0 Å². The molecule has 0 spiro atoms. The molecule has 0 amide bonds. The number of aryl methyl sites for hydroxylation is 1. The van der Waals surface area contributed by atoms with Gasteiger partial charge in [-0.05, 0) is 55.6 Å². The molecular formula is C22H27ClN4O. The SMILES string of the molecule is CCCCc1nc2ccccn2c(=O)c1-c1cccc(NC2CCNC2)c1.Cl. The molecule has 5 nitrogen and oxygen atoms in total. The molecule has 0 saturated carbocycles. The van der Waals surface area contributed by atoms with Gasteiger partial charge in [-0.3, -0.25) is 9.20 Å². The quantitative estimate of drug-likeness (QED) is 0.661. The molecule has 1 unspecified atom stereocenters. The van der Waals surface area contributed by atoms with E-state index in [0.29, 0.717) is 11.7 Å². The van der Waals surface area contributed by atoms with Crippen molar-refractivity contribution in [3.63, 3.8) is 0 Å². The zero-order valence-corrected chi connectivity index (χ0v) is 17.0. The van der Waals surface area contributed by atoms with Crippen molar-refractivity contribution in [3.05, 3.63) is 64.7 Å². The number of benzene rings is 1. The van der Waals surface area contributed by atoms with Crippen molar-refractivity contribution in [2.24, 2.45) is 0 Å². The highest BCUT2D eigenvalue weighted by Crippen LogP contribution is 2.25. The third-order valence-corrected chi connectivity index (χ3v) is 5.16. The van der Waals surface area contributed by atoms with E-state index in [1.807, 2.05) is 30.3 Å². The lowest BCUT2D eigenvalue weighted by molar-refractivity contribution is 0.774. The number of hydrogen-bond acceptors (Lipinski definition) is 4. The monoisotopic (exact) mass is 398 g/mol. The summed E-state index contributed by atoms with van der Waals surface area (Å²) >= 11 is 0. The van der Waals surface area contributed by atoms with Gasteiger partial charge in [-0.15, -0.1) is 12.4 Å². The Morgan fingerprint density at radius 1 is 1.25 bits per heavy atom. The number of halogens is 1. The first-order chi connectivity index (χ1) is 13.3. The second-order valence-electron chi connectivity index (χ2n) is 7.19. The molecule has 2 aromatic heterocycles. The third-order valence-electron chi connectivity index (χ3n) is 5.16. The van der Waals surface area contributed by atoms with Gasteiger partial charge in [0.05, 0.1) is 11.3 Å². The molecule has 1 fully saturated rings. The Morgan fingerprint density at radius 2 is 2.14 bits per heavy atom. The van der Waals surface area contributed by atoms with Gasteiger partial charge >= 0.3 is 0 Å². The molecule has 0 radical (unpaired) electrons. The number of rotatable bonds is 6. The summed E-state index contributed by atoms with van der Waals surface area (Å²) in [6, 6.07) is 14.3. The fraction of sp³-hybridized carbons (Fsp3) is 0.364. The number of hydrogen-bond donors (Lipinski definition) is 2. The van der Waals surface area contributed by atoms with Crippen LogP contribution in [-0.2, 0) is 6.42 Å². The molecule has 3 aromatic rings. The average molecular weight is 399 g/mol. The van der Waals surface area contributed by atoms with Crippen LogP contribution in [0.25, 0.3) is 16.8 Å². The number of nitrogens with zero attached hydrogens (tertiary/aromatic N) is 2. The minimum atomic E-state index is 0. The summed E-state index contributed by atoms with van der Waals surface area (Å²) in [6.45, 7) is 4.19. The maximum absolute atomic E-state index is 13.3. The molecule has 0 aliphatic carbocycles. The second-order valence-corrected chi connectivity index (χ2v) is 7.19. The van der Waals surface area contributed by atoms with Crippen molar-refractivity contribution in [2.75, 3.05) is 18.4 Å². The number of nitrogens with one attached hydrogen (secondary N) is 2. The standard InChI is InChI=1S/C22H26N4O.ClH/c1-2-3-9-19-21(22(27)26-13-5-4-10-20(26)25-19)16-7-6-8-17(14-16)24-18-11-12-23-15-18;/h4-8,10,13-14,18,23-24H,2-3,9,11-12,15H2,1H3;1H. The highest BCUT2D eigenvalue weighted by atomic mass is 35.5. The van der Waals surface area contributed by atoms with E-state index in [4.69, 9.17) is 4.98 Å². The molecule has 3 heterocycles. The highest BCUT2D eigenvalue weighted by Gasteiger charge is 2.17. The lowest BCUT2D eigenvalue weighted by atomic mass is 10.0. The van der Waals surface area contributed by atoms with E-state index in [1.165, 1.54) is 0 Å². The fourth-order valence-corrected chi connectivity index (χ4v) is 3.73. The molecule has 1 aromatic carbocycles. The first kappa shape index (κ1) is 20.4. The number of aromatic nitrogens is 2. The summed E-state index contributed by atoms with van der Waals surface area (Å²) in [7, 11) is 0. The summed E-state index contributed by atoms with van der Waals surface area (Å²) in [6.07, 6.45) is 5.83. The molecule has 4 rings (SSSR count). The van der Waals surface area contributed by atoms with Crippen molar-refractivity contribution in [1.29, 1.82) is 0 Å². The zero-order valence-electron chi connectivity index (χ0n) is 16.1. The lowest BCUT2D eigenvalue weighted by Gasteiger charge is -2.15. The van der Waals surface area contributed by atoms with Crippen LogP contribution in [0.3, 0.4) is 0 Å². The van der Waals surface area contributed by atoms with Gasteiger partial charge in [0.1, 0.15) is 5.65 Å². The van der Waals surface area contributed by atoms with Gasteiger partial charge < -0.3 is 10.6 Å². The maximum atomic E-state index is 13.3. The molecule has 28 heavy (non-hydrogen) atoms. The Hall–Kier alpha value is -2.37. The molecule has 2 N–H and O–H groups in total. The Morgan fingerprint density at radius 3 is 2.93 bits per heavy atom. The minimum absolute atomic E-state index is 0. The maximum Gasteiger partial charge on any atom is 0.265 e. The van der Waals surface area contributed by atoms with Crippen LogP contribution in [0.1, 0.15) is 31.9 Å². The summed E-state index contributed by atoms with van der Waals surface area (Å²) in [4.78, 5) is 18.1. The summed E-state index contributed by atoms with van der Waals surface area (Å²) < 4.78 is 1.64. The Balaban J connectivity index is 0.00000225. The predicted molar refractivity (Wildman–Crippen MR) is 118 cm³/mol. The van der Waals surface area contributed by atoms with E-state index >= 15 is 0 Å². The minimum Gasteiger partial charge on any atom is -0.381 e. The van der Waals surface area contributed by atoms with Crippen molar-refractivity contribution in [3.8, 4) is 11.1 Å². The molecule has 6 heteroatoms. The van der Waals surface area contributed by atoms with Crippen LogP contribution >= 0.6 is 12.4 Å². The third kappa shape index (κ3) is 4.21. The van der Waals surface area contributed by atoms with Crippen LogP contribution in [0.15, 0.2) is 53.5 Å². The summed E-state index contributed by atoms with van der Waals surface area (Å²) in [5.74, 6) is 0. The van der Waals surface area contributed by atoms with Crippen LogP contribution in [-0.4, -0.2) is 28.5 Å². The summed E-state index contributed by atoms with van der Waals surface area (Å²) in [5, 5.41) is 6.95. The van der Waals surface area contributed by atoms with Gasteiger partial charge in [-0.25, -0.2) is 4.98 Å². The van der Waals surface area contributed by atoms with Crippen molar-refractivity contribution < 1.29 is 0 Å². The Kier molecular flexibility index (Phi) is 6.70. The first-order valence-electron chi connectivity index (χ1n) is 9.84. The first-order valence-corrected chi connectivity index (χ1v) is 9.84. The number of fused-ring (bicyclic) bond motifs is 1. The van der Waals surface area contributed by atoms with Crippen molar-refractivity contribution in [1.82, 2.24) is 14.7 Å². The molecular weight excluding hydrogens is 372 g/mol. The fourth-order valence-electron chi connectivity index (χ4n) is 3.73. The molecule has 1 aliphatic heterocycles. The van der Waals surface area contributed by atoms with E-state index in [-0.39, 0.29) is 18.0 Å². The van der Waals surface area contributed by atoms with E-state index in [1.54, 1.807) is 10.6 Å². The normalized spacial score (nSPS) is 16.1. The molecule has 1 atom stereocenters. The molecule has 0 bridgehead atoms. The van der Waals surface area contributed by atoms with Gasteiger partial charge in [0.25, 0.3) is 5.56 Å². The van der Waals surface area contributed by atoms with Crippen molar-refractivity contribution >= 4 is 23.7 Å². The van der Waals surface area contributed by atoms with Crippen LogP contribution in [0.2, 0.25) is 0 Å². The molecule has 1 saturated heterocycles. The second kappa shape index (κ2) is 9.22. The van der Waals surface area contributed by atoms with E-state index in [2.05, 4.69) is 29.7 Å². The van der Waals surface area contributed by atoms with Crippen molar-refractivity contribution in [2.45, 2.75) is 38.6 Å². The van der Waals surface area contributed by atoms with Crippen LogP contribution in [0.5, 0.6) is 0 Å². The smallest absolute Gasteiger partial charge is 0.265 e. The summed E-state index contributed by atoms with van der Waals surface area (Å²) in [5.41, 5.74) is 4.33.